The Kier molecular flexibility index (Phi) is 8.42. The minimum absolute atomic E-state index is 0.244. The van der Waals surface area contributed by atoms with Gasteiger partial charge < -0.3 is 19.3 Å². The van der Waals surface area contributed by atoms with Gasteiger partial charge in [-0.2, -0.15) is 0 Å². The van der Waals surface area contributed by atoms with Gasteiger partial charge in [0.25, 0.3) is 0 Å². The summed E-state index contributed by atoms with van der Waals surface area (Å²) in [6.07, 6.45) is 7.60. The van der Waals surface area contributed by atoms with Crippen molar-refractivity contribution in [3.8, 4) is 23.0 Å². The molecule has 0 atom stereocenters. The third-order valence-corrected chi connectivity index (χ3v) is 5.43. The summed E-state index contributed by atoms with van der Waals surface area (Å²) in [6, 6.07) is 10.9. The second-order valence-corrected chi connectivity index (χ2v) is 7.74. The molecule has 5 nitrogen and oxygen atoms in total. The summed E-state index contributed by atoms with van der Waals surface area (Å²) in [7, 11) is 1.66. The quantitative estimate of drug-likeness (QED) is 0.410. The molecule has 166 valence electrons. The molecule has 5 heteroatoms. The van der Waals surface area contributed by atoms with Crippen LogP contribution in [0.4, 0.5) is 0 Å². The Labute approximate surface area is 185 Å². The highest BCUT2D eigenvalue weighted by molar-refractivity contribution is 5.87. The lowest BCUT2D eigenvalue weighted by atomic mass is 10.0. The van der Waals surface area contributed by atoms with E-state index < -0.39 is 0 Å². The van der Waals surface area contributed by atoms with E-state index in [2.05, 4.69) is 11.5 Å². The van der Waals surface area contributed by atoms with Gasteiger partial charge in [0.2, 0.25) is 0 Å². The maximum Gasteiger partial charge on any atom is 0.172 e. The maximum atomic E-state index is 9.57. The number of piperidine rings is 1. The molecule has 2 aromatic rings. The van der Waals surface area contributed by atoms with Gasteiger partial charge in [0.1, 0.15) is 24.7 Å². The number of aromatic hydroxyl groups is 1. The average molecular weight is 424 g/mol. The van der Waals surface area contributed by atoms with Crippen molar-refractivity contribution in [2.75, 3.05) is 40.0 Å². The minimum Gasteiger partial charge on any atom is -0.508 e. The Hall–Kier alpha value is -2.92. The van der Waals surface area contributed by atoms with Crippen molar-refractivity contribution in [3.63, 3.8) is 0 Å². The molecule has 2 aromatic carbocycles. The zero-order valence-corrected chi connectivity index (χ0v) is 18.6. The molecule has 1 aliphatic heterocycles. The summed E-state index contributed by atoms with van der Waals surface area (Å²) < 4.78 is 17.9. The highest BCUT2D eigenvalue weighted by Gasteiger charge is 2.19. The Bertz CT molecular complexity index is 883. The van der Waals surface area contributed by atoms with Gasteiger partial charge in [0.05, 0.1) is 12.7 Å². The lowest BCUT2D eigenvalue weighted by molar-refractivity contribution is 0.179. The molecule has 0 amide bonds. The largest absolute Gasteiger partial charge is 0.508 e. The molecule has 0 aliphatic carbocycles. The van der Waals surface area contributed by atoms with Crippen LogP contribution < -0.4 is 14.2 Å². The monoisotopic (exact) mass is 423 g/mol. The van der Waals surface area contributed by atoms with Crippen LogP contribution in [-0.2, 0) is 0 Å². The lowest BCUT2D eigenvalue weighted by Crippen LogP contribution is -2.33. The van der Waals surface area contributed by atoms with Gasteiger partial charge in [-0.25, -0.2) is 0 Å². The average Bonchev–Trinajstić information content (AvgIpc) is 2.80. The first-order chi connectivity index (χ1) is 15.1. The number of likely N-dealkylation sites (tertiary alicyclic amines) is 1. The molecular weight excluding hydrogens is 390 g/mol. The molecule has 0 aromatic heterocycles. The van der Waals surface area contributed by atoms with Crippen LogP contribution in [0.15, 0.2) is 49.1 Å². The van der Waals surface area contributed by atoms with E-state index in [0.717, 1.165) is 42.1 Å². The number of phenols is 1. The number of hydrogen-bond acceptors (Lipinski definition) is 5. The van der Waals surface area contributed by atoms with Gasteiger partial charge >= 0.3 is 0 Å². The van der Waals surface area contributed by atoms with Crippen molar-refractivity contribution in [1.29, 1.82) is 0 Å². The molecule has 31 heavy (non-hydrogen) atoms. The number of hydrogen-bond donors (Lipinski definition) is 1. The smallest absolute Gasteiger partial charge is 0.172 e. The fourth-order valence-corrected chi connectivity index (χ4v) is 3.85. The molecule has 1 fully saturated rings. The van der Waals surface area contributed by atoms with E-state index in [1.807, 2.05) is 37.3 Å². The Morgan fingerprint density at radius 1 is 1.03 bits per heavy atom. The molecule has 0 bridgehead atoms. The number of ether oxygens (including phenoxy) is 3. The highest BCUT2D eigenvalue weighted by Crippen LogP contribution is 2.42. The molecule has 1 aliphatic rings. The first-order valence-corrected chi connectivity index (χ1v) is 10.9. The zero-order chi connectivity index (χ0) is 22.1. The van der Waals surface area contributed by atoms with Crippen LogP contribution in [0.2, 0.25) is 0 Å². The maximum absolute atomic E-state index is 9.57. The van der Waals surface area contributed by atoms with E-state index in [0.29, 0.717) is 24.7 Å². The standard InChI is InChI=1S/C26H33NO4/c1-4-17-30-24-13-12-23(29-3)25(20(2)19-21-8-10-22(28)11-9-21)26(24)31-18-16-27-14-6-5-7-15-27/h4,8-13,19,28H,1,5-7,14-18H2,2-3H3/b20-19+. The van der Waals surface area contributed by atoms with Gasteiger partial charge in [-0.3, -0.25) is 4.90 Å². The van der Waals surface area contributed by atoms with E-state index in [-0.39, 0.29) is 5.75 Å². The number of methoxy groups -OCH3 is 1. The van der Waals surface area contributed by atoms with E-state index in [4.69, 9.17) is 14.2 Å². The van der Waals surface area contributed by atoms with Crippen molar-refractivity contribution < 1.29 is 19.3 Å². The number of nitrogens with zero attached hydrogens (tertiary/aromatic N) is 1. The molecule has 3 rings (SSSR count). The third kappa shape index (κ3) is 6.28. The van der Waals surface area contributed by atoms with Crippen LogP contribution in [0.3, 0.4) is 0 Å². The van der Waals surface area contributed by atoms with Gasteiger partial charge in [0, 0.05) is 6.54 Å². The Balaban J connectivity index is 1.91. The predicted octanol–water partition coefficient (Wildman–Crippen LogP) is 5.39. The fraction of sp³-hybridized carbons (Fsp3) is 0.385. The first-order valence-electron chi connectivity index (χ1n) is 10.9. The van der Waals surface area contributed by atoms with E-state index in [1.54, 1.807) is 25.3 Å². The van der Waals surface area contributed by atoms with Gasteiger partial charge in [-0.1, -0.05) is 37.3 Å². The summed E-state index contributed by atoms with van der Waals surface area (Å²) in [6.45, 7) is 9.91. The fourth-order valence-electron chi connectivity index (χ4n) is 3.85. The number of rotatable bonds is 10. The van der Waals surface area contributed by atoms with Crippen molar-refractivity contribution in [2.45, 2.75) is 26.2 Å². The highest BCUT2D eigenvalue weighted by atomic mass is 16.5. The minimum atomic E-state index is 0.244. The summed E-state index contributed by atoms with van der Waals surface area (Å²) in [5.74, 6) is 2.33. The summed E-state index contributed by atoms with van der Waals surface area (Å²) in [5.41, 5.74) is 2.84. The predicted molar refractivity (Wildman–Crippen MR) is 126 cm³/mol. The number of allylic oxidation sites excluding steroid dienone is 1. The molecule has 0 unspecified atom stereocenters. The Morgan fingerprint density at radius 2 is 1.74 bits per heavy atom. The lowest BCUT2D eigenvalue weighted by Gasteiger charge is -2.27. The summed E-state index contributed by atoms with van der Waals surface area (Å²) in [4.78, 5) is 2.45. The van der Waals surface area contributed by atoms with Crippen LogP contribution in [0, 0.1) is 0 Å². The van der Waals surface area contributed by atoms with Crippen molar-refractivity contribution >= 4 is 11.6 Å². The number of benzene rings is 2. The molecule has 0 saturated carbocycles. The SMILES string of the molecule is C=CCOc1ccc(OC)c(/C(C)=C/c2ccc(O)cc2)c1OCCN1CCCCC1. The second-order valence-electron chi connectivity index (χ2n) is 7.74. The molecule has 1 saturated heterocycles. The van der Waals surface area contributed by atoms with Gasteiger partial charge in [0.15, 0.2) is 11.5 Å². The van der Waals surface area contributed by atoms with Gasteiger partial charge in [-0.15, -0.1) is 0 Å². The van der Waals surface area contributed by atoms with E-state index in [1.165, 1.54) is 19.3 Å². The van der Waals surface area contributed by atoms with Crippen LogP contribution in [0.5, 0.6) is 23.0 Å². The van der Waals surface area contributed by atoms with Crippen LogP contribution >= 0.6 is 0 Å². The normalized spacial score (nSPS) is 14.8. The topological polar surface area (TPSA) is 51.2 Å². The molecular formula is C26H33NO4. The number of phenolic OH excluding ortho intramolecular Hbond substituents is 1. The van der Waals surface area contributed by atoms with Gasteiger partial charge in [-0.05, 0) is 68.3 Å². The Morgan fingerprint density at radius 3 is 2.42 bits per heavy atom. The summed E-state index contributed by atoms with van der Waals surface area (Å²) in [5, 5.41) is 9.57. The van der Waals surface area contributed by atoms with Crippen molar-refractivity contribution in [1.82, 2.24) is 4.90 Å². The van der Waals surface area contributed by atoms with Crippen molar-refractivity contribution in [3.05, 3.63) is 60.2 Å². The van der Waals surface area contributed by atoms with Crippen molar-refractivity contribution in [2.24, 2.45) is 0 Å². The summed E-state index contributed by atoms with van der Waals surface area (Å²) >= 11 is 0. The third-order valence-electron chi connectivity index (χ3n) is 5.43. The van der Waals surface area contributed by atoms with Crippen LogP contribution in [0.25, 0.3) is 11.6 Å². The first kappa shape index (κ1) is 22.8. The van der Waals surface area contributed by atoms with Crippen LogP contribution in [0.1, 0.15) is 37.3 Å². The van der Waals surface area contributed by atoms with E-state index in [9.17, 15) is 5.11 Å². The molecule has 1 heterocycles. The zero-order valence-electron chi connectivity index (χ0n) is 18.6. The molecule has 0 radical (unpaired) electrons. The van der Waals surface area contributed by atoms with Crippen LogP contribution in [-0.4, -0.2) is 50.0 Å². The second kappa shape index (κ2) is 11.5. The molecule has 0 spiro atoms. The van der Waals surface area contributed by atoms with E-state index >= 15 is 0 Å². The molecule has 1 N–H and O–H groups in total.